The number of nitro benzene ring substituents is 1. The summed E-state index contributed by atoms with van der Waals surface area (Å²) in [6, 6.07) is 12.2. The zero-order valence-electron chi connectivity index (χ0n) is 16.1. The van der Waals surface area contributed by atoms with Gasteiger partial charge in [0, 0.05) is 28.3 Å². The third-order valence-corrected chi connectivity index (χ3v) is 5.00. The highest BCUT2D eigenvalue weighted by Gasteiger charge is 2.23. The van der Waals surface area contributed by atoms with Gasteiger partial charge in [0.25, 0.3) is 11.6 Å². The molecule has 0 saturated heterocycles. The molecule has 2 rings (SSSR count). The number of carbonyl (C=O) groups excluding carboxylic acids is 3. The normalized spacial score (nSPS) is 12.5. The molecule has 0 fully saturated rings. The second kappa shape index (κ2) is 9.83. The van der Waals surface area contributed by atoms with Crippen molar-refractivity contribution < 1.29 is 24.0 Å². The lowest BCUT2D eigenvalue weighted by molar-refractivity contribution is -0.384. The summed E-state index contributed by atoms with van der Waals surface area (Å²) in [5.41, 5.74) is 0.974. The molecule has 0 saturated carbocycles. The summed E-state index contributed by atoms with van der Waals surface area (Å²) in [6.45, 7) is 4.53. The van der Waals surface area contributed by atoms with Gasteiger partial charge in [0.15, 0.2) is 11.9 Å². The number of anilines is 1. The van der Waals surface area contributed by atoms with Gasteiger partial charge >= 0.3 is 5.97 Å². The second-order valence-corrected chi connectivity index (χ2v) is 7.63. The zero-order chi connectivity index (χ0) is 21.6. The number of hydrogen-bond donors (Lipinski definition) is 1. The van der Waals surface area contributed by atoms with Gasteiger partial charge in [-0.3, -0.25) is 24.5 Å². The zero-order valence-corrected chi connectivity index (χ0v) is 16.9. The van der Waals surface area contributed by atoms with Crippen molar-refractivity contribution in [3.8, 4) is 0 Å². The highest BCUT2D eigenvalue weighted by atomic mass is 32.2. The molecule has 152 valence electrons. The van der Waals surface area contributed by atoms with E-state index in [4.69, 9.17) is 4.74 Å². The van der Waals surface area contributed by atoms with Crippen LogP contribution in [0.15, 0.2) is 53.4 Å². The number of Topliss-reactive ketones (excluding diaryl/α,β-unsaturated/α-hetero) is 1. The molecule has 2 atom stereocenters. The summed E-state index contributed by atoms with van der Waals surface area (Å²) in [4.78, 5) is 46.6. The first-order valence-electron chi connectivity index (χ1n) is 8.71. The van der Waals surface area contributed by atoms with Gasteiger partial charge in [-0.15, -0.1) is 11.8 Å². The molecule has 9 heteroatoms. The molecule has 0 bridgehead atoms. The Kier molecular flexibility index (Phi) is 7.49. The van der Waals surface area contributed by atoms with Gasteiger partial charge < -0.3 is 10.1 Å². The lowest BCUT2D eigenvalue weighted by Gasteiger charge is -2.16. The summed E-state index contributed by atoms with van der Waals surface area (Å²) in [5.74, 6) is -1.16. The molecule has 0 aliphatic heterocycles. The minimum absolute atomic E-state index is 0.0359. The first kappa shape index (κ1) is 22.1. The third-order valence-electron chi connectivity index (χ3n) is 3.91. The van der Waals surface area contributed by atoms with Crippen LogP contribution < -0.4 is 5.32 Å². The Morgan fingerprint density at radius 3 is 2.14 bits per heavy atom. The van der Waals surface area contributed by atoms with Crippen LogP contribution in [0.4, 0.5) is 11.4 Å². The van der Waals surface area contributed by atoms with E-state index in [0.29, 0.717) is 16.1 Å². The Morgan fingerprint density at radius 2 is 1.62 bits per heavy atom. The van der Waals surface area contributed by atoms with E-state index in [-0.39, 0.29) is 11.5 Å². The minimum Gasteiger partial charge on any atom is -0.452 e. The van der Waals surface area contributed by atoms with Crippen molar-refractivity contribution in [3.05, 3.63) is 64.2 Å². The number of nitro groups is 1. The largest absolute Gasteiger partial charge is 0.452 e. The Labute approximate surface area is 171 Å². The summed E-state index contributed by atoms with van der Waals surface area (Å²) in [6.07, 6.45) is -1.02. The van der Waals surface area contributed by atoms with Gasteiger partial charge in [-0.25, -0.2) is 0 Å². The van der Waals surface area contributed by atoms with E-state index < -0.39 is 28.2 Å². The SMILES string of the molecule is CC(=O)c1ccc(NC(=O)C(C)OC(=O)C(C)Sc2ccc([N+](=O)[O-])cc2)cc1. The molecule has 8 nitrogen and oxygen atoms in total. The molecule has 2 aromatic carbocycles. The average Bonchev–Trinajstić information content (AvgIpc) is 2.68. The van der Waals surface area contributed by atoms with E-state index in [1.54, 1.807) is 43.3 Å². The second-order valence-electron chi connectivity index (χ2n) is 6.21. The molecule has 0 heterocycles. The Balaban J connectivity index is 1.88. The van der Waals surface area contributed by atoms with E-state index in [2.05, 4.69) is 5.32 Å². The number of ketones is 1. The highest BCUT2D eigenvalue weighted by molar-refractivity contribution is 8.00. The minimum atomic E-state index is -1.02. The fourth-order valence-electron chi connectivity index (χ4n) is 2.25. The number of nitrogens with zero attached hydrogens (tertiary/aromatic N) is 1. The van der Waals surface area contributed by atoms with Crippen LogP contribution in [-0.4, -0.2) is 33.9 Å². The van der Waals surface area contributed by atoms with Crippen LogP contribution in [0, 0.1) is 10.1 Å². The number of rotatable bonds is 8. The van der Waals surface area contributed by atoms with Gasteiger partial charge in [-0.05, 0) is 57.2 Å². The lowest BCUT2D eigenvalue weighted by Crippen LogP contribution is -2.32. The van der Waals surface area contributed by atoms with E-state index in [9.17, 15) is 24.5 Å². The maximum absolute atomic E-state index is 12.2. The van der Waals surface area contributed by atoms with Crippen molar-refractivity contribution >= 4 is 40.8 Å². The fraction of sp³-hybridized carbons (Fsp3) is 0.250. The van der Waals surface area contributed by atoms with Crippen molar-refractivity contribution in [2.75, 3.05) is 5.32 Å². The van der Waals surface area contributed by atoms with Crippen LogP contribution in [0.1, 0.15) is 31.1 Å². The Hall–Kier alpha value is -3.20. The third kappa shape index (κ3) is 6.42. The average molecular weight is 416 g/mol. The van der Waals surface area contributed by atoms with Gasteiger partial charge in [-0.1, -0.05) is 0 Å². The van der Waals surface area contributed by atoms with Crippen LogP contribution in [0.2, 0.25) is 0 Å². The fourth-order valence-corrected chi connectivity index (χ4v) is 3.11. The summed E-state index contributed by atoms with van der Waals surface area (Å²) < 4.78 is 5.21. The monoisotopic (exact) mass is 416 g/mol. The number of benzene rings is 2. The van der Waals surface area contributed by atoms with Crippen LogP contribution in [0.25, 0.3) is 0 Å². The van der Waals surface area contributed by atoms with E-state index in [1.165, 1.54) is 37.7 Å². The summed E-state index contributed by atoms with van der Waals surface area (Å²) in [5, 5.41) is 12.7. The van der Waals surface area contributed by atoms with Gasteiger partial charge in [0.05, 0.1) is 4.92 Å². The number of carbonyl (C=O) groups is 3. The molecule has 1 amide bonds. The molecule has 0 aliphatic rings. The smallest absolute Gasteiger partial charge is 0.319 e. The number of esters is 1. The molecule has 0 aromatic heterocycles. The molecule has 29 heavy (non-hydrogen) atoms. The maximum atomic E-state index is 12.2. The van der Waals surface area contributed by atoms with Gasteiger partial charge in [0.1, 0.15) is 5.25 Å². The molecule has 0 aliphatic carbocycles. The number of ether oxygens (including phenoxy) is 1. The van der Waals surface area contributed by atoms with Crippen molar-refractivity contribution in [1.29, 1.82) is 0 Å². The molecule has 2 aromatic rings. The van der Waals surface area contributed by atoms with Crippen LogP contribution in [0.3, 0.4) is 0 Å². The quantitative estimate of drug-likeness (QED) is 0.228. The molecular formula is C20H20N2O6S. The Bertz CT molecular complexity index is 912. The van der Waals surface area contributed by atoms with Gasteiger partial charge in [-0.2, -0.15) is 0 Å². The topological polar surface area (TPSA) is 116 Å². The number of amides is 1. The predicted molar refractivity (Wildman–Crippen MR) is 109 cm³/mol. The first-order chi connectivity index (χ1) is 13.7. The predicted octanol–water partition coefficient (Wildman–Crippen LogP) is 3.85. The number of thioether (sulfide) groups is 1. The lowest BCUT2D eigenvalue weighted by atomic mass is 10.1. The number of nitrogens with one attached hydrogen (secondary N) is 1. The number of non-ortho nitro benzene ring substituents is 1. The Morgan fingerprint density at radius 1 is 1.03 bits per heavy atom. The standard InChI is InChI=1S/C20H20N2O6S/c1-12(23)15-4-6-16(7-5-15)21-19(24)13(2)28-20(25)14(3)29-18-10-8-17(9-11-18)22(26)27/h4-11,13-14H,1-3H3,(H,21,24). The van der Waals surface area contributed by atoms with Crippen LogP contribution in [0.5, 0.6) is 0 Å². The molecule has 1 N–H and O–H groups in total. The maximum Gasteiger partial charge on any atom is 0.319 e. The summed E-state index contributed by atoms with van der Waals surface area (Å²) in [7, 11) is 0. The van der Waals surface area contributed by atoms with Gasteiger partial charge in [0.2, 0.25) is 0 Å². The van der Waals surface area contributed by atoms with E-state index in [1.807, 2.05) is 0 Å². The van der Waals surface area contributed by atoms with Crippen molar-refractivity contribution in [2.24, 2.45) is 0 Å². The van der Waals surface area contributed by atoms with Crippen LogP contribution in [-0.2, 0) is 14.3 Å². The van der Waals surface area contributed by atoms with Crippen molar-refractivity contribution in [2.45, 2.75) is 37.0 Å². The summed E-state index contributed by atoms with van der Waals surface area (Å²) >= 11 is 1.17. The molecule has 2 unspecified atom stereocenters. The number of hydrogen-bond acceptors (Lipinski definition) is 7. The first-order valence-corrected chi connectivity index (χ1v) is 9.59. The van der Waals surface area contributed by atoms with Crippen molar-refractivity contribution in [3.63, 3.8) is 0 Å². The molecule has 0 radical (unpaired) electrons. The van der Waals surface area contributed by atoms with Crippen molar-refractivity contribution in [1.82, 2.24) is 0 Å². The van der Waals surface area contributed by atoms with Crippen LogP contribution >= 0.6 is 11.8 Å². The highest BCUT2D eigenvalue weighted by Crippen LogP contribution is 2.26. The molecule has 0 spiro atoms. The molecular weight excluding hydrogens is 396 g/mol. The van der Waals surface area contributed by atoms with E-state index in [0.717, 1.165) is 0 Å². The van der Waals surface area contributed by atoms with E-state index >= 15 is 0 Å².